The van der Waals surface area contributed by atoms with Gasteiger partial charge in [0.25, 0.3) is 5.91 Å². The number of benzene rings is 2. The summed E-state index contributed by atoms with van der Waals surface area (Å²) in [4.78, 5) is 40.4. The van der Waals surface area contributed by atoms with Gasteiger partial charge in [-0.2, -0.15) is 10.2 Å². The van der Waals surface area contributed by atoms with E-state index < -0.39 is 24.0 Å². The molecule has 11 heteroatoms. The number of hydrogen-bond donors (Lipinski definition) is 2. The minimum atomic E-state index is -1.30. The van der Waals surface area contributed by atoms with Crippen LogP contribution in [0.5, 0.6) is 5.75 Å². The van der Waals surface area contributed by atoms with Gasteiger partial charge in [-0.05, 0) is 47.4 Å². The zero-order chi connectivity index (χ0) is 29.0. The monoisotopic (exact) mass is 568 g/mol. The van der Waals surface area contributed by atoms with Crippen molar-refractivity contribution >= 4 is 28.6 Å². The van der Waals surface area contributed by atoms with Crippen molar-refractivity contribution in [2.75, 3.05) is 13.2 Å². The molecule has 0 radical (unpaired) electrons. The second-order valence-corrected chi connectivity index (χ2v) is 11.2. The second kappa shape index (κ2) is 10.2. The maximum atomic E-state index is 14.6. The van der Waals surface area contributed by atoms with Crippen LogP contribution in [0.3, 0.4) is 0 Å². The van der Waals surface area contributed by atoms with Crippen LogP contribution in [0.25, 0.3) is 22.0 Å². The van der Waals surface area contributed by atoms with Gasteiger partial charge in [-0.3, -0.25) is 14.4 Å². The molecule has 0 bridgehead atoms. The van der Waals surface area contributed by atoms with Crippen LogP contribution in [0.4, 0.5) is 4.39 Å². The number of amides is 3. The molecule has 2 aromatic carbocycles. The SMILES string of the molecule is NC(=O)c1cn(CC(=O)N2CC(F)CC2C(=O)NC2CC2c2ccc3c(c2)CCO3)c2ccc(-c3ccnnc3)cc12. The number of aromatic nitrogens is 3. The number of nitrogens with two attached hydrogens (primary N) is 1. The summed E-state index contributed by atoms with van der Waals surface area (Å²) in [6, 6.07) is 12.5. The van der Waals surface area contributed by atoms with Crippen LogP contribution >= 0.6 is 0 Å². The van der Waals surface area contributed by atoms with Crippen LogP contribution in [0.1, 0.15) is 40.2 Å². The molecule has 0 spiro atoms. The number of likely N-dealkylation sites (tertiary alicyclic amines) is 1. The molecule has 1 aliphatic carbocycles. The van der Waals surface area contributed by atoms with Gasteiger partial charge in [-0.15, -0.1) is 0 Å². The van der Waals surface area contributed by atoms with Gasteiger partial charge in [0.15, 0.2) is 0 Å². The highest BCUT2D eigenvalue weighted by atomic mass is 19.1. The van der Waals surface area contributed by atoms with Gasteiger partial charge in [0, 0.05) is 47.5 Å². The fourth-order valence-corrected chi connectivity index (χ4v) is 6.25. The Hall–Kier alpha value is -4.80. The fraction of sp³-hybridized carbons (Fsp3) is 0.323. The number of fused-ring (bicyclic) bond motifs is 2. The summed E-state index contributed by atoms with van der Waals surface area (Å²) in [6.45, 7) is 0.364. The van der Waals surface area contributed by atoms with Gasteiger partial charge in [0.05, 0.1) is 31.1 Å². The first kappa shape index (κ1) is 26.1. The van der Waals surface area contributed by atoms with Crippen molar-refractivity contribution < 1.29 is 23.5 Å². The maximum Gasteiger partial charge on any atom is 0.250 e. The normalized spacial score (nSPS) is 22.5. The van der Waals surface area contributed by atoms with Crippen LogP contribution in [-0.4, -0.2) is 68.8 Å². The molecule has 42 heavy (non-hydrogen) atoms. The molecule has 1 saturated carbocycles. The van der Waals surface area contributed by atoms with Crippen LogP contribution in [0.2, 0.25) is 0 Å². The van der Waals surface area contributed by atoms with Crippen molar-refractivity contribution in [2.24, 2.45) is 5.73 Å². The van der Waals surface area contributed by atoms with E-state index in [1.807, 2.05) is 24.3 Å². The molecule has 1 saturated heterocycles. The summed E-state index contributed by atoms with van der Waals surface area (Å²) in [5.74, 6) is -0.270. The molecular formula is C31H29FN6O4. The summed E-state index contributed by atoms with van der Waals surface area (Å²) in [5.41, 5.74) is 10.5. The minimum absolute atomic E-state index is 0.0482. The van der Waals surface area contributed by atoms with Gasteiger partial charge in [-0.25, -0.2) is 4.39 Å². The first-order valence-corrected chi connectivity index (χ1v) is 14.0. The van der Waals surface area contributed by atoms with Crippen LogP contribution in [0, 0.1) is 0 Å². The lowest BCUT2D eigenvalue weighted by atomic mass is 10.0. The van der Waals surface area contributed by atoms with E-state index in [0.717, 1.165) is 35.3 Å². The third kappa shape index (κ3) is 4.74. The average Bonchev–Trinajstić information content (AvgIpc) is 3.29. The van der Waals surface area contributed by atoms with E-state index in [4.69, 9.17) is 10.5 Å². The number of nitrogens with zero attached hydrogens (tertiary/aromatic N) is 4. The zero-order valence-corrected chi connectivity index (χ0v) is 22.7. The molecule has 4 aromatic rings. The Kier molecular flexibility index (Phi) is 6.37. The third-order valence-corrected chi connectivity index (χ3v) is 8.50. The fourth-order valence-electron chi connectivity index (χ4n) is 6.25. The molecule has 10 nitrogen and oxygen atoms in total. The summed E-state index contributed by atoms with van der Waals surface area (Å²) in [6.07, 6.45) is 5.06. The van der Waals surface area contributed by atoms with E-state index in [2.05, 4.69) is 21.6 Å². The highest BCUT2D eigenvalue weighted by molar-refractivity contribution is 6.07. The number of ether oxygens (including phenoxy) is 1. The number of alkyl halides is 1. The van der Waals surface area contributed by atoms with E-state index in [1.165, 1.54) is 16.7 Å². The highest BCUT2D eigenvalue weighted by Crippen LogP contribution is 2.43. The Morgan fingerprint density at radius 1 is 1.07 bits per heavy atom. The first-order chi connectivity index (χ1) is 20.4. The van der Waals surface area contributed by atoms with Crippen molar-refractivity contribution in [1.29, 1.82) is 0 Å². The van der Waals surface area contributed by atoms with Gasteiger partial charge in [0.1, 0.15) is 24.5 Å². The molecule has 2 aliphatic heterocycles. The van der Waals surface area contributed by atoms with E-state index >= 15 is 0 Å². The van der Waals surface area contributed by atoms with Crippen molar-refractivity contribution in [3.8, 4) is 16.9 Å². The van der Waals surface area contributed by atoms with Crippen LogP contribution in [0.15, 0.2) is 61.1 Å². The molecule has 7 rings (SSSR count). The predicted octanol–water partition coefficient (Wildman–Crippen LogP) is 2.74. The van der Waals surface area contributed by atoms with E-state index in [0.29, 0.717) is 17.5 Å². The Bertz CT molecular complexity index is 1720. The van der Waals surface area contributed by atoms with Gasteiger partial charge >= 0.3 is 0 Å². The summed E-state index contributed by atoms with van der Waals surface area (Å²) >= 11 is 0. The Morgan fingerprint density at radius 2 is 1.95 bits per heavy atom. The number of hydrogen-bond acceptors (Lipinski definition) is 6. The van der Waals surface area contributed by atoms with Gasteiger partial charge < -0.3 is 25.3 Å². The van der Waals surface area contributed by atoms with Gasteiger partial charge in [-0.1, -0.05) is 18.2 Å². The number of nitrogens with one attached hydrogen (secondary N) is 1. The number of primary amides is 1. The Balaban J connectivity index is 1.07. The first-order valence-electron chi connectivity index (χ1n) is 14.0. The molecule has 3 N–H and O–H groups in total. The lowest BCUT2D eigenvalue weighted by Gasteiger charge is -2.24. The second-order valence-electron chi connectivity index (χ2n) is 11.2. The number of rotatable bonds is 7. The quantitative estimate of drug-likeness (QED) is 0.352. The summed E-state index contributed by atoms with van der Waals surface area (Å²) in [7, 11) is 0. The van der Waals surface area contributed by atoms with Crippen molar-refractivity contribution in [3.05, 3.63) is 77.7 Å². The number of carbonyl (C=O) groups is 3. The van der Waals surface area contributed by atoms with Crippen molar-refractivity contribution in [2.45, 2.75) is 50.0 Å². The molecule has 4 atom stereocenters. The average molecular weight is 569 g/mol. The number of carbonyl (C=O) groups excluding carboxylic acids is 3. The Labute approximate surface area is 240 Å². The van der Waals surface area contributed by atoms with Crippen LogP contribution in [-0.2, 0) is 22.6 Å². The molecule has 4 unspecified atom stereocenters. The molecule has 214 valence electrons. The van der Waals surface area contributed by atoms with E-state index in [1.54, 1.807) is 29.1 Å². The Morgan fingerprint density at radius 3 is 2.76 bits per heavy atom. The van der Waals surface area contributed by atoms with E-state index in [9.17, 15) is 18.8 Å². The summed E-state index contributed by atoms with van der Waals surface area (Å²) in [5, 5.41) is 11.3. The topological polar surface area (TPSA) is 132 Å². The van der Waals surface area contributed by atoms with E-state index in [-0.39, 0.29) is 42.9 Å². The third-order valence-electron chi connectivity index (χ3n) is 8.50. The maximum absolute atomic E-state index is 14.6. The molecule has 3 aliphatic rings. The smallest absolute Gasteiger partial charge is 0.250 e. The molecular weight excluding hydrogens is 539 g/mol. The lowest BCUT2D eigenvalue weighted by Crippen LogP contribution is -2.47. The summed E-state index contributed by atoms with van der Waals surface area (Å²) < 4.78 is 21.8. The molecule has 2 aromatic heterocycles. The lowest BCUT2D eigenvalue weighted by molar-refractivity contribution is -0.139. The number of halogens is 1. The molecule has 3 amide bonds. The minimum Gasteiger partial charge on any atom is -0.493 e. The van der Waals surface area contributed by atoms with Crippen molar-refractivity contribution in [3.63, 3.8) is 0 Å². The predicted molar refractivity (Wildman–Crippen MR) is 151 cm³/mol. The van der Waals surface area contributed by atoms with Crippen molar-refractivity contribution in [1.82, 2.24) is 25.0 Å². The largest absolute Gasteiger partial charge is 0.493 e. The van der Waals surface area contributed by atoms with Gasteiger partial charge in [0.2, 0.25) is 11.8 Å². The molecule has 4 heterocycles. The van der Waals surface area contributed by atoms with Crippen LogP contribution < -0.4 is 15.8 Å². The zero-order valence-electron chi connectivity index (χ0n) is 22.7. The standard InChI is InChI=1S/C31H29FN6O4/c32-21-11-27(31(41)36-25-12-22(25)18-2-4-28-19(9-18)6-8-42-28)38(14-21)29(39)16-37-15-24(30(33)40)23-10-17(1-3-26(23)37)20-5-7-34-35-13-20/h1-5,7,9-10,13,15,21-22,25,27H,6,8,11-12,14,16H2,(H2,33,40)(H,36,41). The highest BCUT2D eigenvalue weighted by Gasteiger charge is 2.45. The molecule has 2 fully saturated rings.